The summed E-state index contributed by atoms with van der Waals surface area (Å²) in [4.78, 5) is 0. The van der Waals surface area contributed by atoms with Gasteiger partial charge in [-0.3, -0.25) is 0 Å². The molecule has 2 rings (SSSR count). The zero-order chi connectivity index (χ0) is 13.5. The van der Waals surface area contributed by atoms with Crippen LogP contribution in [-0.2, 0) is 16.0 Å². The zero-order valence-electron chi connectivity index (χ0n) is 11.5. The van der Waals surface area contributed by atoms with Gasteiger partial charge < -0.3 is 24.5 Å². The summed E-state index contributed by atoms with van der Waals surface area (Å²) in [6.07, 6.45) is 0.0446. The molecule has 2 heterocycles. The number of anilines is 1. The van der Waals surface area contributed by atoms with Crippen LogP contribution in [0.25, 0.3) is 0 Å². The third-order valence-corrected chi connectivity index (χ3v) is 2.66. The highest BCUT2D eigenvalue weighted by molar-refractivity contribution is 5.17. The van der Waals surface area contributed by atoms with Crippen molar-refractivity contribution >= 4 is 6.01 Å². The molecule has 2 N–H and O–H groups in total. The van der Waals surface area contributed by atoms with Crippen LogP contribution in [0.2, 0.25) is 0 Å². The number of hydrogen-bond acceptors (Lipinski definition) is 7. The Morgan fingerprint density at radius 1 is 1.32 bits per heavy atom. The first kappa shape index (κ1) is 14.2. The molecule has 19 heavy (non-hydrogen) atoms. The van der Waals surface area contributed by atoms with Gasteiger partial charge in [0.05, 0.1) is 32.5 Å². The quantitative estimate of drug-likeness (QED) is 0.752. The summed E-state index contributed by atoms with van der Waals surface area (Å²) >= 11 is 0. The van der Waals surface area contributed by atoms with Crippen LogP contribution in [-0.4, -0.2) is 49.2 Å². The van der Waals surface area contributed by atoms with Crippen molar-refractivity contribution in [1.82, 2.24) is 15.5 Å². The van der Waals surface area contributed by atoms with Crippen LogP contribution in [0, 0.1) is 5.92 Å². The maximum Gasteiger partial charge on any atom is 0.315 e. The van der Waals surface area contributed by atoms with Gasteiger partial charge in [-0.2, -0.15) is 0 Å². The molecule has 0 aliphatic carbocycles. The molecule has 108 valence electrons. The summed E-state index contributed by atoms with van der Waals surface area (Å²) < 4.78 is 16.3. The molecular weight excluding hydrogens is 248 g/mol. The lowest BCUT2D eigenvalue weighted by atomic mass is 10.2. The molecule has 0 saturated carbocycles. The van der Waals surface area contributed by atoms with E-state index in [9.17, 15) is 0 Å². The molecule has 1 unspecified atom stereocenters. The number of aromatic nitrogens is 2. The predicted molar refractivity (Wildman–Crippen MR) is 69.9 cm³/mol. The monoisotopic (exact) mass is 270 g/mol. The van der Waals surface area contributed by atoms with Crippen molar-refractivity contribution < 1.29 is 13.9 Å². The molecule has 1 aromatic rings. The molecular formula is C12H22N4O3. The highest BCUT2D eigenvalue weighted by Crippen LogP contribution is 2.07. The van der Waals surface area contributed by atoms with Crippen molar-refractivity contribution in [1.29, 1.82) is 0 Å². The second kappa shape index (κ2) is 7.42. The minimum absolute atomic E-state index is 0.0446. The SMILES string of the molecule is CC(C)CNCc1nnc(NCC2COCCO2)o1. The van der Waals surface area contributed by atoms with Gasteiger partial charge in [-0.1, -0.05) is 18.9 Å². The van der Waals surface area contributed by atoms with Crippen LogP contribution in [0.3, 0.4) is 0 Å². The Balaban J connectivity index is 1.68. The van der Waals surface area contributed by atoms with Gasteiger partial charge in [0.1, 0.15) is 0 Å². The van der Waals surface area contributed by atoms with Gasteiger partial charge in [0.25, 0.3) is 0 Å². The van der Waals surface area contributed by atoms with E-state index in [0.717, 1.165) is 6.54 Å². The van der Waals surface area contributed by atoms with Gasteiger partial charge in [-0.15, -0.1) is 5.10 Å². The zero-order valence-corrected chi connectivity index (χ0v) is 11.5. The van der Waals surface area contributed by atoms with Crippen LogP contribution in [0.15, 0.2) is 4.42 Å². The van der Waals surface area contributed by atoms with Gasteiger partial charge in [0.15, 0.2) is 0 Å². The third-order valence-electron chi connectivity index (χ3n) is 2.66. The van der Waals surface area contributed by atoms with Crippen LogP contribution in [0.4, 0.5) is 6.01 Å². The molecule has 0 aromatic carbocycles. The molecule has 7 nitrogen and oxygen atoms in total. The summed E-state index contributed by atoms with van der Waals surface area (Å²) in [5, 5.41) is 14.2. The van der Waals surface area contributed by atoms with E-state index in [2.05, 4.69) is 34.7 Å². The minimum Gasteiger partial charge on any atom is -0.407 e. The van der Waals surface area contributed by atoms with Crippen LogP contribution in [0.1, 0.15) is 19.7 Å². The Kier molecular flexibility index (Phi) is 5.56. The normalized spacial score (nSPS) is 19.8. The molecule has 1 atom stereocenters. The maximum absolute atomic E-state index is 5.51. The third kappa shape index (κ3) is 5.14. The molecule has 1 aromatic heterocycles. The number of nitrogens with zero attached hydrogens (tertiary/aromatic N) is 2. The maximum atomic E-state index is 5.51. The van der Waals surface area contributed by atoms with Gasteiger partial charge in [0.2, 0.25) is 5.89 Å². The Morgan fingerprint density at radius 2 is 2.21 bits per heavy atom. The number of hydrogen-bond donors (Lipinski definition) is 2. The fraction of sp³-hybridized carbons (Fsp3) is 0.833. The Hall–Kier alpha value is -1.18. The van der Waals surface area contributed by atoms with E-state index in [4.69, 9.17) is 13.9 Å². The molecule has 0 bridgehead atoms. The second-order valence-electron chi connectivity index (χ2n) is 4.97. The Bertz CT molecular complexity index is 364. The van der Waals surface area contributed by atoms with Gasteiger partial charge in [-0.05, 0) is 12.5 Å². The summed E-state index contributed by atoms with van der Waals surface area (Å²) in [5.41, 5.74) is 0. The molecule has 1 saturated heterocycles. The summed E-state index contributed by atoms with van der Waals surface area (Å²) in [6, 6.07) is 0.426. The predicted octanol–water partition coefficient (Wildman–Crippen LogP) is 0.643. The van der Waals surface area contributed by atoms with Gasteiger partial charge >= 0.3 is 6.01 Å². The first-order valence-electron chi connectivity index (χ1n) is 6.70. The van der Waals surface area contributed by atoms with E-state index in [-0.39, 0.29) is 6.10 Å². The number of ether oxygens (including phenoxy) is 2. The molecule has 1 aliphatic heterocycles. The topological polar surface area (TPSA) is 81.4 Å². The second-order valence-corrected chi connectivity index (χ2v) is 4.97. The molecule has 7 heteroatoms. The van der Waals surface area contributed by atoms with Crippen molar-refractivity contribution in [2.45, 2.75) is 26.5 Å². The van der Waals surface area contributed by atoms with E-state index in [1.165, 1.54) is 0 Å². The highest BCUT2D eigenvalue weighted by Gasteiger charge is 2.15. The van der Waals surface area contributed by atoms with Crippen molar-refractivity contribution in [2.75, 3.05) is 38.2 Å². The van der Waals surface area contributed by atoms with E-state index in [0.29, 0.717) is 50.7 Å². The van der Waals surface area contributed by atoms with Gasteiger partial charge in [-0.25, -0.2) is 0 Å². The van der Waals surface area contributed by atoms with Crippen molar-refractivity contribution in [3.63, 3.8) is 0 Å². The molecule has 0 amide bonds. The average Bonchev–Trinajstić information content (AvgIpc) is 2.85. The van der Waals surface area contributed by atoms with Crippen molar-refractivity contribution in [2.24, 2.45) is 5.92 Å². The lowest BCUT2D eigenvalue weighted by Gasteiger charge is -2.22. The number of rotatable bonds is 7. The molecule has 1 fully saturated rings. The van der Waals surface area contributed by atoms with E-state index in [1.807, 2.05) is 0 Å². The van der Waals surface area contributed by atoms with Crippen LogP contribution >= 0.6 is 0 Å². The molecule has 0 spiro atoms. The van der Waals surface area contributed by atoms with Crippen LogP contribution < -0.4 is 10.6 Å². The summed E-state index contributed by atoms with van der Waals surface area (Å²) in [6.45, 7) is 8.35. The lowest BCUT2D eigenvalue weighted by molar-refractivity contribution is -0.0820. The smallest absolute Gasteiger partial charge is 0.315 e. The average molecular weight is 270 g/mol. The first-order valence-corrected chi connectivity index (χ1v) is 6.70. The van der Waals surface area contributed by atoms with E-state index >= 15 is 0 Å². The largest absolute Gasteiger partial charge is 0.407 e. The highest BCUT2D eigenvalue weighted by atomic mass is 16.6. The minimum atomic E-state index is 0.0446. The van der Waals surface area contributed by atoms with Crippen molar-refractivity contribution in [3.05, 3.63) is 5.89 Å². The molecule has 0 radical (unpaired) electrons. The summed E-state index contributed by atoms with van der Waals surface area (Å²) in [5.74, 6) is 1.19. The van der Waals surface area contributed by atoms with E-state index < -0.39 is 0 Å². The Labute approximate surface area is 113 Å². The lowest BCUT2D eigenvalue weighted by Crippen LogP contribution is -2.34. The van der Waals surface area contributed by atoms with Crippen LogP contribution in [0.5, 0.6) is 0 Å². The van der Waals surface area contributed by atoms with Crippen molar-refractivity contribution in [3.8, 4) is 0 Å². The van der Waals surface area contributed by atoms with E-state index in [1.54, 1.807) is 0 Å². The van der Waals surface area contributed by atoms with Gasteiger partial charge in [0, 0.05) is 6.54 Å². The first-order chi connectivity index (χ1) is 9.24. The fourth-order valence-electron chi connectivity index (χ4n) is 1.72. The summed E-state index contributed by atoms with van der Waals surface area (Å²) in [7, 11) is 0. The standard InChI is InChI=1S/C12H22N4O3/c1-9(2)5-13-7-11-15-16-12(19-11)14-6-10-8-17-3-4-18-10/h9-10,13H,3-8H2,1-2H3,(H,14,16). The molecule has 1 aliphatic rings. The Morgan fingerprint density at radius 3 is 2.95 bits per heavy atom. The number of nitrogens with one attached hydrogen (secondary N) is 2. The fourth-order valence-corrected chi connectivity index (χ4v) is 1.72.